The van der Waals surface area contributed by atoms with Crippen molar-refractivity contribution in [3.05, 3.63) is 0 Å². The van der Waals surface area contributed by atoms with Gasteiger partial charge in [0, 0.05) is 13.2 Å². The molecule has 0 aliphatic carbocycles. The van der Waals surface area contributed by atoms with Gasteiger partial charge in [0.1, 0.15) is 0 Å². The lowest BCUT2D eigenvalue weighted by Gasteiger charge is -2.20. The first kappa shape index (κ1) is 6.99. The minimum atomic E-state index is 0.517. The van der Waals surface area contributed by atoms with E-state index in [2.05, 4.69) is 5.48 Å². The van der Waals surface area contributed by atoms with E-state index in [0.717, 1.165) is 19.6 Å². The van der Waals surface area contributed by atoms with Crippen LogP contribution in [0.5, 0.6) is 0 Å². The molecule has 1 aliphatic rings. The SMILES string of the molecule is ONCC1CCCOC1. The van der Waals surface area contributed by atoms with Crippen LogP contribution < -0.4 is 5.48 Å². The zero-order valence-electron chi connectivity index (χ0n) is 5.47. The highest BCUT2D eigenvalue weighted by molar-refractivity contribution is 4.62. The van der Waals surface area contributed by atoms with Crippen molar-refractivity contribution in [2.45, 2.75) is 12.8 Å². The molecule has 0 bridgehead atoms. The molecule has 54 valence electrons. The first-order chi connectivity index (χ1) is 4.43. The molecule has 0 spiro atoms. The van der Waals surface area contributed by atoms with E-state index in [1.165, 1.54) is 6.42 Å². The highest BCUT2D eigenvalue weighted by atomic mass is 16.5. The largest absolute Gasteiger partial charge is 0.381 e. The third-order valence-corrected chi connectivity index (χ3v) is 1.63. The zero-order chi connectivity index (χ0) is 6.53. The van der Waals surface area contributed by atoms with Gasteiger partial charge in [-0.2, -0.15) is 0 Å². The Kier molecular flexibility index (Phi) is 2.97. The van der Waals surface area contributed by atoms with Crippen molar-refractivity contribution in [2.75, 3.05) is 19.8 Å². The molecule has 1 atom stereocenters. The summed E-state index contributed by atoms with van der Waals surface area (Å²) in [5.74, 6) is 0.517. The van der Waals surface area contributed by atoms with Crippen molar-refractivity contribution >= 4 is 0 Å². The summed E-state index contributed by atoms with van der Waals surface area (Å²) in [6.45, 7) is 2.36. The van der Waals surface area contributed by atoms with E-state index < -0.39 is 0 Å². The third kappa shape index (κ3) is 2.30. The van der Waals surface area contributed by atoms with Crippen LogP contribution in [0, 0.1) is 5.92 Å². The van der Waals surface area contributed by atoms with Crippen molar-refractivity contribution in [1.82, 2.24) is 5.48 Å². The molecule has 0 aromatic rings. The van der Waals surface area contributed by atoms with Crippen LogP contribution in [0.3, 0.4) is 0 Å². The summed E-state index contributed by atoms with van der Waals surface area (Å²) in [5.41, 5.74) is 2.16. The first-order valence-electron chi connectivity index (χ1n) is 3.38. The summed E-state index contributed by atoms with van der Waals surface area (Å²) in [7, 11) is 0. The molecule has 0 radical (unpaired) electrons. The van der Waals surface area contributed by atoms with Gasteiger partial charge in [-0.1, -0.05) is 0 Å². The van der Waals surface area contributed by atoms with E-state index in [1.54, 1.807) is 0 Å². The molecule has 3 nitrogen and oxygen atoms in total. The number of hydroxylamine groups is 1. The summed E-state index contributed by atoms with van der Waals surface area (Å²) in [4.78, 5) is 0. The number of hydrogen-bond acceptors (Lipinski definition) is 3. The minimum Gasteiger partial charge on any atom is -0.381 e. The van der Waals surface area contributed by atoms with Crippen LogP contribution >= 0.6 is 0 Å². The molecular weight excluding hydrogens is 118 g/mol. The molecule has 1 heterocycles. The maximum atomic E-state index is 8.31. The quantitative estimate of drug-likeness (QED) is 0.533. The number of rotatable bonds is 2. The van der Waals surface area contributed by atoms with E-state index in [4.69, 9.17) is 9.94 Å². The molecule has 1 unspecified atom stereocenters. The number of hydrogen-bond donors (Lipinski definition) is 2. The summed E-state index contributed by atoms with van der Waals surface area (Å²) >= 11 is 0. The Morgan fingerprint density at radius 1 is 1.67 bits per heavy atom. The van der Waals surface area contributed by atoms with Crippen LogP contribution in [-0.2, 0) is 4.74 Å². The summed E-state index contributed by atoms with van der Waals surface area (Å²) in [5, 5.41) is 8.31. The predicted molar refractivity (Wildman–Crippen MR) is 33.3 cm³/mol. The molecule has 0 aromatic heterocycles. The maximum absolute atomic E-state index is 8.31. The zero-order valence-corrected chi connectivity index (χ0v) is 5.47. The van der Waals surface area contributed by atoms with Gasteiger partial charge in [-0.05, 0) is 18.8 Å². The van der Waals surface area contributed by atoms with Crippen LogP contribution in [0.25, 0.3) is 0 Å². The van der Waals surface area contributed by atoms with Gasteiger partial charge in [0.2, 0.25) is 0 Å². The van der Waals surface area contributed by atoms with Crippen molar-refractivity contribution in [1.29, 1.82) is 0 Å². The van der Waals surface area contributed by atoms with Crippen molar-refractivity contribution < 1.29 is 9.94 Å². The fraction of sp³-hybridized carbons (Fsp3) is 1.00. The summed E-state index contributed by atoms with van der Waals surface area (Å²) in [6.07, 6.45) is 2.31. The van der Waals surface area contributed by atoms with E-state index >= 15 is 0 Å². The molecule has 0 saturated carbocycles. The lowest BCUT2D eigenvalue weighted by Crippen LogP contribution is -2.27. The van der Waals surface area contributed by atoms with Crippen molar-refractivity contribution in [3.8, 4) is 0 Å². The van der Waals surface area contributed by atoms with Gasteiger partial charge in [0.25, 0.3) is 0 Å². The van der Waals surface area contributed by atoms with Gasteiger partial charge in [0.15, 0.2) is 0 Å². The molecule has 1 aliphatic heterocycles. The molecule has 0 aromatic carbocycles. The molecule has 3 heteroatoms. The molecule has 9 heavy (non-hydrogen) atoms. The van der Waals surface area contributed by atoms with Gasteiger partial charge >= 0.3 is 0 Å². The lowest BCUT2D eigenvalue weighted by atomic mass is 10.0. The van der Waals surface area contributed by atoms with Gasteiger partial charge in [0.05, 0.1) is 6.61 Å². The van der Waals surface area contributed by atoms with E-state index in [9.17, 15) is 0 Å². The minimum absolute atomic E-state index is 0.517. The maximum Gasteiger partial charge on any atom is 0.0507 e. The van der Waals surface area contributed by atoms with Crippen LogP contribution in [0.1, 0.15) is 12.8 Å². The smallest absolute Gasteiger partial charge is 0.0507 e. The molecule has 1 fully saturated rings. The second kappa shape index (κ2) is 3.82. The molecule has 0 amide bonds. The summed E-state index contributed by atoms with van der Waals surface area (Å²) < 4.78 is 5.18. The Morgan fingerprint density at radius 3 is 3.11 bits per heavy atom. The third-order valence-electron chi connectivity index (χ3n) is 1.63. The number of ether oxygens (including phenoxy) is 1. The normalized spacial score (nSPS) is 28.3. The predicted octanol–water partition coefficient (Wildman–Crippen LogP) is 0.392. The van der Waals surface area contributed by atoms with E-state index in [1.807, 2.05) is 0 Å². The van der Waals surface area contributed by atoms with E-state index in [0.29, 0.717) is 12.5 Å². The Bertz CT molecular complexity index is 68.7. The van der Waals surface area contributed by atoms with Crippen LogP contribution in [0.15, 0.2) is 0 Å². The second-order valence-corrected chi connectivity index (χ2v) is 2.45. The van der Waals surface area contributed by atoms with Crippen LogP contribution in [0.4, 0.5) is 0 Å². The average molecular weight is 131 g/mol. The topological polar surface area (TPSA) is 41.5 Å². The van der Waals surface area contributed by atoms with Gasteiger partial charge in [-0.3, -0.25) is 0 Å². The molecule has 2 N–H and O–H groups in total. The number of nitrogens with one attached hydrogen (secondary N) is 1. The van der Waals surface area contributed by atoms with Gasteiger partial charge < -0.3 is 9.94 Å². The Morgan fingerprint density at radius 2 is 2.56 bits per heavy atom. The highest BCUT2D eigenvalue weighted by Crippen LogP contribution is 2.11. The van der Waals surface area contributed by atoms with Gasteiger partial charge in [-0.25, -0.2) is 5.48 Å². The molecule has 1 saturated heterocycles. The first-order valence-corrected chi connectivity index (χ1v) is 3.38. The van der Waals surface area contributed by atoms with Crippen LogP contribution in [0.2, 0.25) is 0 Å². The summed E-state index contributed by atoms with van der Waals surface area (Å²) in [6, 6.07) is 0. The molecular formula is C6H13NO2. The van der Waals surface area contributed by atoms with Crippen molar-refractivity contribution in [3.63, 3.8) is 0 Å². The Labute approximate surface area is 55.0 Å². The van der Waals surface area contributed by atoms with Crippen LogP contribution in [-0.4, -0.2) is 25.0 Å². The fourth-order valence-corrected chi connectivity index (χ4v) is 1.10. The van der Waals surface area contributed by atoms with E-state index in [-0.39, 0.29) is 0 Å². The monoisotopic (exact) mass is 131 g/mol. The average Bonchev–Trinajstić information content (AvgIpc) is 1.91. The van der Waals surface area contributed by atoms with Crippen molar-refractivity contribution in [2.24, 2.45) is 5.92 Å². The molecule has 1 rings (SSSR count). The Hall–Kier alpha value is -0.120. The highest BCUT2D eigenvalue weighted by Gasteiger charge is 2.12. The van der Waals surface area contributed by atoms with Gasteiger partial charge in [-0.15, -0.1) is 0 Å². The second-order valence-electron chi connectivity index (χ2n) is 2.45. The standard InChI is InChI=1S/C6H13NO2/c8-7-4-6-2-1-3-9-5-6/h6-8H,1-5H2. The Balaban J connectivity index is 2.08. The lowest BCUT2D eigenvalue weighted by molar-refractivity contribution is 0.0362. The fourth-order valence-electron chi connectivity index (χ4n) is 1.10.